The molecule has 0 heterocycles. The predicted octanol–water partition coefficient (Wildman–Crippen LogP) is 4.14. The van der Waals surface area contributed by atoms with Gasteiger partial charge in [-0.05, 0) is 64.3 Å². The van der Waals surface area contributed by atoms with E-state index in [2.05, 4.69) is 21.2 Å². The van der Waals surface area contributed by atoms with Gasteiger partial charge >= 0.3 is 0 Å². The number of aromatic hydroxyl groups is 1. The number of hydrogen-bond donors (Lipinski definition) is 2. The summed E-state index contributed by atoms with van der Waals surface area (Å²) < 4.78 is 0.726. The zero-order valence-corrected chi connectivity index (χ0v) is 12.7. The molecule has 0 aliphatic heterocycles. The van der Waals surface area contributed by atoms with E-state index in [1.165, 1.54) is 5.56 Å². The van der Waals surface area contributed by atoms with Crippen molar-refractivity contribution in [3.63, 3.8) is 0 Å². The molecule has 0 unspecified atom stereocenters. The fourth-order valence-corrected chi connectivity index (χ4v) is 2.33. The van der Waals surface area contributed by atoms with E-state index in [-0.39, 0.29) is 5.75 Å². The number of halogens is 2. The highest BCUT2D eigenvalue weighted by molar-refractivity contribution is 9.10. The van der Waals surface area contributed by atoms with E-state index in [0.29, 0.717) is 0 Å². The Kier molecular flexibility index (Phi) is 5.25. The van der Waals surface area contributed by atoms with E-state index in [4.69, 9.17) is 11.6 Å². The van der Waals surface area contributed by atoms with E-state index >= 15 is 0 Å². The van der Waals surface area contributed by atoms with Crippen molar-refractivity contribution in [3.05, 3.63) is 63.1 Å². The summed E-state index contributed by atoms with van der Waals surface area (Å²) in [5, 5.41) is 13.6. The zero-order valence-electron chi connectivity index (χ0n) is 10.4. The molecule has 0 aliphatic rings. The SMILES string of the molecule is Oc1ccc(CNCCc2ccc(Cl)cc2)cc1Br. The number of phenols is 1. The molecule has 2 aromatic rings. The fourth-order valence-electron chi connectivity index (χ4n) is 1.78. The van der Waals surface area contributed by atoms with E-state index < -0.39 is 0 Å². The first-order chi connectivity index (χ1) is 9.15. The molecular formula is C15H15BrClNO. The van der Waals surface area contributed by atoms with Crippen LogP contribution in [0.2, 0.25) is 5.02 Å². The van der Waals surface area contributed by atoms with Gasteiger partial charge in [0.15, 0.2) is 0 Å². The summed E-state index contributed by atoms with van der Waals surface area (Å²) in [7, 11) is 0. The molecule has 2 rings (SSSR count). The number of hydrogen-bond acceptors (Lipinski definition) is 2. The van der Waals surface area contributed by atoms with E-state index in [0.717, 1.165) is 34.6 Å². The van der Waals surface area contributed by atoms with Crippen molar-refractivity contribution in [3.8, 4) is 5.75 Å². The first-order valence-electron chi connectivity index (χ1n) is 6.08. The number of rotatable bonds is 5. The van der Waals surface area contributed by atoms with Crippen molar-refractivity contribution < 1.29 is 5.11 Å². The molecule has 2 N–H and O–H groups in total. The molecule has 0 saturated heterocycles. The summed E-state index contributed by atoms with van der Waals surface area (Å²) >= 11 is 9.15. The standard InChI is InChI=1S/C15H15BrClNO/c16-14-9-12(3-6-15(14)19)10-18-8-7-11-1-4-13(17)5-2-11/h1-6,9,18-19H,7-8,10H2. The van der Waals surface area contributed by atoms with Gasteiger partial charge in [0.2, 0.25) is 0 Å². The molecule has 0 spiro atoms. The van der Waals surface area contributed by atoms with Crippen molar-refractivity contribution in [2.24, 2.45) is 0 Å². The molecule has 0 atom stereocenters. The topological polar surface area (TPSA) is 32.3 Å². The van der Waals surface area contributed by atoms with Crippen LogP contribution in [-0.2, 0) is 13.0 Å². The van der Waals surface area contributed by atoms with E-state index in [9.17, 15) is 5.11 Å². The minimum atomic E-state index is 0.268. The molecular weight excluding hydrogens is 326 g/mol. The van der Waals surface area contributed by atoms with Crippen molar-refractivity contribution in [2.45, 2.75) is 13.0 Å². The van der Waals surface area contributed by atoms with Gasteiger partial charge in [-0.3, -0.25) is 0 Å². The third kappa shape index (κ3) is 4.53. The average molecular weight is 341 g/mol. The van der Waals surface area contributed by atoms with Gasteiger partial charge in [0.05, 0.1) is 4.47 Å². The molecule has 0 fully saturated rings. The van der Waals surface area contributed by atoms with Gasteiger partial charge in [0.1, 0.15) is 5.75 Å². The molecule has 0 aliphatic carbocycles. The monoisotopic (exact) mass is 339 g/mol. The van der Waals surface area contributed by atoms with Crippen LogP contribution in [0.3, 0.4) is 0 Å². The van der Waals surface area contributed by atoms with Gasteiger partial charge < -0.3 is 10.4 Å². The van der Waals surface area contributed by atoms with Crippen LogP contribution in [0.4, 0.5) is 0 Å². The predicted molar refractivity (Wildman–Crippen MR) is 82.7 cm³/mol. The summed E-state index contributed by atoms with van der Waals surface area (Å²) in [5.41, 5.74) is 2.41. The third-order valence-corrected chi connectivity index (χ3v) is 3.73. The molecule has 2 aromatic carbocycles. The minimum absolute atomic E-state index is 0.268. The molecule has 100 valence electrons. The Balaban J connectivity index is 1.77. The summed E-state index contributed by atoms with van der Waals surface area (Å²) in [4.78, 5) is 0. The molecule has 4 heteroatoms. The maximum atomic E-state index is 9.41. The molecule has 0 radical (unpaired) electrons. The lowest BCUT2D eigenvalue weighted by Crippen LogP contribution is -2.16. The largest absolute Gasteiger partial charge is 0.507 e. The first-order valence-corrected chi connectivity index (χ1v) is 7.25. The molecule has 19 heavy (non-hydrogen) atoms. The van der Waals surface area contributed by atoms with Crippen LogP contribution in [0.1, 0.15) is 11.1 Å². The Morgan fingerprint density at radius 1 is 1.05 bits per heavy atom. The van der Waals surface area contributed by atoms with Crippen molar-refractivity contribution >= 4 is 27.5 Å². The van der Waals surface area contributed by atoms with Gasteiger partial charge in [-0.25, -0.2) is 0 Å². The maximum Gasteiger partial charge on any atom is 0.129 e. The van der Waals surface area contributed by atoms with Crippen molar-refractivity contribution in [1.82, 2.24) is 5.32 Å². The Labute approximate surface area is 126 Å². The van der Waals surface area contributed by atoms with Crippen molar-refractivity contribution in [2.75, 3.05) is 6.54 Å². The second-order valence-electron chi connectivity index (χ2n) is 4.34. The second-order valence-corrected chi connectivity index (χ2v) is 5.63. The average Bonchev–Trinajstić information content (AvgIpc) is 2.41. The number of benzene rings is 2. The van der Waals surface area contributed by atoms with Crippen LogP contribution in [0, 0.1) is 0 Å². The van der Waals surface area contributed by atoms with E-state index in [1.54, 1.807) is 6.07 Å². The molecule has 0 amide bonds. The third-order valence-electron chi connectivity index (χ3n) is 2.84. The van der Waals surface area contributed by atoms with Crippen LogP contribution in [-0.4, -0.2) is 11.7 Å². The second kappa shape index (κ2) is 6.94. The van der Waals surface area contributed by atoms with Gasteiger partial charge in [0.25, 0.3) is 0 Å². The fraction of sp³-hybridized carbons (Fsp3) is 0.200. The Hall–Kier alpha value is -1.03. The Morgan fingerprint density at radius 2 is 1.74 bits per heavy atom. The van der Waals surface area contributed by atoms with Crippen LogP contribution >= 0.6 is 27.5 Å². The Bertz CT molecular complexity index is 542. The highest BCUT2D eigenvalue weighted by Gasteiger charge is 1.99. The summed E-state index contributed by atoms with van der Waals surface area (Å²) in [6, 6.07) is 13.4. The lowest BCUT2D eigenvalue weighted by Gasteiger charge is -2.06. The number of phenolic OH excluding ortho intramolecular Hbond substituents is 1. The molecule has 0 aromatic heterocycles. The molecule has 0 saturated carbocycles. The van der Waals surface area contributed by atoms with Crippen LogP contribution in [0.15, 0.2) is 46.9 Å². The van der Waals surface area contributed by atoms with Gasteiger partial charge in [-0.15, -0.1) is 0 Å². The maximum absolute atomic E-state index is 9.41. The molecule has 0 bridgehead atoms. The normalized spacial score (nSPS) is 10.6. The highest BCUT2D eigenvalue weighted by Crippen LogP contribution is 2.24. The van der Waals surface area contributed by atoms with Crippen LogP contribution in [0.25, 0.3) is 0 Å². The lowest BCUT2D eigenvalue weighted by molar-refractivity contribution is 0.471. The van der Waals surface area contributed by atoms with Crippen LogP contribution < -0.4 is 5.32 Å². The quantitative estimate of drug-likeness (QED) is 0.802. The summed E-state index contributed by atoms with van der Waals surface area (Å²) in [6.45, 7) is 1.69. The molecule has 2 nitrogen and oxygen atoms in total. The number of nitrogens with one attached hydrogen (secondary N) is 1. The zero-order chi connectivity index (χ0) is 13.7. The van der Waals surface area contributed by atoms with Crippen LogP contribution in [0.5, 0.6) is 5.75 Å². The Morgan fingerprint density at radius 3 is 2.42 bits per heavy atom. The summed E-state index contributed by atoms with van der Waals surface area (Å²) in [6.07, 6.45) is 0.969. The highest BCUT2D eigenvalue weighted by atomic mass is 79.9. The van der Waals surface area contributed by atoms with Gasteiger partial charge in [-0.1, -0.05) is 29.8 Å². The smallest absolute Gasteiger partial charge is 0.129 e. The van der Waals surface area contributed by atoms with Gasteiger partial charge in [-0.2, -0.15) is 0 Å². The first kappa shape index (κ1) is 14.4. The minimum Gasteiger partial charge on any atom is -0.507 e. The summed E-state index contributed by atoms with van der Waals surface area (Å²) in [5.74, 6) is 0.268. The van der Waals surface area contributed by atoms with Crippen molar-refractivity contribution in [1.29, 1.82) is 0 Å². The lowest BCUT2D eigenvalue weighted by atomic mass is 10.1. The van der Waals surface area contributed by atoms with E-state index in [1.807, 2.05) is 36.4 Å². The van der Waals surface area contributed by atoms with Gasteiger partial charge in [0, 0.05) is 11.6 Å².